The molecule has 0 N–H and O–H groups in total. The molecule has 1 unspecified atom stereocenters. The minimum Gasteiger partial charge on any atom is -0.490 e. The highest BCUT2D eigenvalue weighted by Crippen LogP contribution is 2.41. The smallest absolute Gasteiger partial charge is 0.250 e. The van der Waals surface area contributed by atoms with Crippen molar-refractivity contribution in [3.8, 4) is 11.5 Å². The lowest BCUT2D eigenvalue weighted by Gasteiger charge is -2.41. The fourth-order valence-electron chi connectivity index (χ4n) is 4.22. The molecule has 2 heterocycles. The van der Waals surface area contributed by atoms with Crippen LogP contribution in [-0.4, -0.2) is 36.4 Å². The summed E-state index contributed by atoms with van der Waals surface area (Å²) in [4.78, 5) is 19.3. The first kappa shape index (κ1) is 19.5. The van der Waals surface area contributed by atoms with E-state index in [1.165, 1.54) is 16.7 Å². The Kier molecular flexibility index (Phi) is 5.31. The van der Waals surface area contributed by atoms with Gasteiger partial charge in [0.05, 0.1) is 25.7 Å². The lowest BCUT2D eigenvalue weighted by Crippen LogP contribution is -2.44. The Morgan fingerprint density at radius 2 is 1.76 bits per heavy atom. The molecular weight excluding hydrogens is 364 g/mol. The number of amidine groups is 1. The van der Waals surface area contributed by atoms with Crippen molar-refractivity contribution in [3.05, 3.63) is 58.1 Å². The number of hydrogen-bond donors (Lipinski definition) is 0. The van der Waals surface area contributed by atoms with Gasteiger partial charge < -0.3 is 14.4 Å². The number of fused-ring (bicyclic) bond motifs is 3. The normalized spacial score (nSPS) is 18.1. The van der Waals surface area contributed by atoms with E-state index in [1.807, 2.05) is 13.8 Å². The third-order valence-corrected chi connectivity index (χ3v) is 5.80. The maximum atomic E-state index is 12.6. The van der Waals surface area contributed by atoms with Crippen LogP contribution in [0.2, 0.25) is 0 Å². The van der Waals surface area contributed by atoms with Crippen molar-refractivity contribution in [2.45, 2.75) is 46.6 Å². The minimum atomic E-state index is -0.0702. The van der Waals surface area contributed by atoms with Crippen molar-refractivity contribution >= 4 is 11.7 Å². The van der Waals surface area contributed by atoms with Crippen LogP contribution in [0.4, 0.5) is 0 Å². The maximum Gasteiger partial charge on any atom is 0.250 e. The first-order chi connectivity index (χ1) is 14.0. The second kappa shape index (κ2) is 7.90. The van der Waals surface area contributed by atoms with E-state index in [9.17, 15) is 4.79 Å². The van der Waals surface area contributed by atoms with Gasteiger partial charge in [-0.15, -0.1) is 0 Å². The maximum absolute atomic E-state index is 12.6. The Hall–Kier alpha value is -2.82. The fraction of sp³-hybridized carbons (Fsp3) is 0.417. The third-order valence-electron chi connectivity index (χ3n) is 5.80. The standard InChI is InChI=1S/C24H28N2O3/c1-5-28-21-12-17-9-10-26-20(19(17)13-22(21)29-6-2)14-23(27)25-24(26)18-8-7-15(3)16(4)11-18/h7-8,11-13,20H,5-6,9-10,14H2,1-4H3. The molecule has 4 rings (SSSR count). The van der Waals surface area contributed by atoms with Gasteiger partial charge in [0.25, 0.3) is 0 Å². The number of amides is 1. The molecule has 0 bridgehead atoms. The van der Waals surface area contributed by atoms with Gasteiger partial charge in [-0.05, 0) is 74.6 Å². The Labute approximate surface area is 172 Å². The number of rotatable bonds is 5. The SMILES string of the molecule is CCOc1cc2c(cc1OCC)C1CC(=O)N=C(c3ccc(C)c(C)c3)N1CC2. The van der Waals surface area contributed by atoms with Crippen LogP contribution in [0.15, 0.2) is 35.3 Å². The summed E-state index contributed by atoms with van der Waals surface area (Å²) in [5.41, 5.74) is 5.82. The molecule has 5 nitrogen and oxygen atoms in total. The molecule has 0 saturated carbocycles. The van der Waals surface area contributed by atoms with Gasteiger partial charge in [0.15, 0.2) is 11.5 Å². The molecule has 0 fully saturated rings. The Morgan fingerprint density at radius 1 is 1.03 bits per heavy atom. The molecule has 2 aliphatic rings. The monoisotopic (exact) mass is 392 g/mol. The molecule has 0 saturated heterocycles. The van der Waals surface area contributed by atoms with E-state index >= 15 is 0 Å². The van der Waals surface area contributed by atoms with Gasteiger partial charge in [0.2, 0.25) is 5.91 Å². The van der Waals surface area contributed by atoms with Crippen molar-refractivity contribution in [2.75, 3.05) is 19.8 Å². The zero-order valence-corrected chi connectivity index (χ0v) is 17.6. The van der Waals surface area contributed by atoms with Crippen molar-refractivity contribution < 1.29 is 14.3 Å². The van der Waals surface area contributed by atoms with E-state index in [0.29, 0.717) is 19.6 Å². The Bertz CT molecular complexity index is 980. The summed E-state index contributed by atoms with van der Waals surface area (Å²) in [6, 6.07) is 10.4. The molecule has 1 atom stereocenters. The highest BCUT2D eigenvalue weighted by molar-refractivity contribution is 6.07. The lowest BCUT2D eigenvalue weighted by atomic mass is 9.88. The highest BCUT2D eigenvalue weighted by Gasteiger charge is 2.36. The zero-order chi connectivity index (χ0) is 20.5. The average Bonchev–Trinajstić information content (AvgIpc) is 2.70. The molecule has 2 aromatic carbocycles. The van der Waals surface area contributed by atoms with Gasteiger partial charge >= 0.3 is 0 Å². The molecule has 0 aromatic heterocycles. The molecule has 0 radical (unpaired) electrons. The van der Waals surface area contributed by atoms with E-state index in [-0.39, 0.29) is 11.9 Å². The second-order valence-electron chi connectivity index (χ2n) is 7.66. The van der Waals surface area contributed by atoms with Crippen LogP contribution in [0.1, 0.15) is 54.1 Å². The van der Waals surface area contributed by atoms with Crippen LogP contribution >= 0.6 is 0 Å². The van der Waals surface area contributed by atoms with Crippen LogP contribution in [0.25, 0.3) is 0 Å². The predicted octanol–water partition coefficient (Wildman–Crippen LogP) is 4.38. The van der Waals surface area contributed by atoms with Crippen LogP contribution in [0.5, 0.6) is 11.5 Å². The van der Waals surface area contributed by atoms with Gasteiger partial charge in [-0.1, -0.05) is 12.1 Å². The predicted molar refractivity (Wildman–Crippen MR) is 114 cm³/mol. The number of aliphatic imine (C=N–C) groups is 1. The molecule has 0 spiro atoms. The van der Waals surface area contributed by atoms with E-state index in [4.69, 9.17) is 9.47 Å². The second-order valence-corrected chi connectivity index (χ2v) is 7.66. The van der Waals surface area contributed by atoms with Gasteiger partial charge in [-0.2, -0.15) is 4.99 Å². The van der Waals surface area contributed by atoms with Gasteiger partial charge in [-0.3, -0.25) is 4.79 Å². The summed E-state index contributed by atoms with van der Waals surface area (Å²) in [5.74, 6) is 2.25. The summed E-state index contributed by atoms with van der Waals surface area (Å²) < 4.78 is 11.6. The molecule has 5 heteroatoms. The summed E-state index contributed by atoms with van der Waals surface area (Å²) in [7, 11) is 0. The Balaban J connectivity index is 1.76. The third kappa shape index (κ3) is 3.61. The average molecular weight is 392 g/mol. The van der Waals surface area contributed by atoms with E-state index in [2.05, 4.69) is 54.1 Å². The van der Waals surface area contributed by atoms with Crippen LogP contribution in [0, 0.1) is 13.8 Å². The molecule has 2 aliphatic heterocycles. The molecule has 0 aliphatic carbocycles. The van der Waals surface area contributed by atoms with Gasteiger partial charge in [0, 0.05) is 12.1 Å². The largest absolute Gasteiger partial charge is 0.490 e. The summed E-state index contributed by atoms with van der Waals surface area (Å²) in [6.07, 6.45) is 1.28. The van der Waals surface area contributed by atoms with Crippen LogP contribution < -0.4 is 9.47 Å². The first-order valence-electron chi connectivity index (χ1n) is 10.4. The van der Waals surface area contributed by atoms with Crippen LogP contribution in [0.3, 0.4) is 0 Å². The van der Waals surface area contributed by atoms with Crippen molar-refractivity contribution in [1.82, 2.24) is 4.90 Å². The summed E-state index contributed by atoms with van der Waals surface area (Å²) in [5, 5.41) is 0. The number of hydrogen-bond acceptors (Lipinski definition) is 4. The molecule has 29 heavy (non-hydrogen) atoms. The quantitative estimate of drug-likeness (QED) is 0.758. The van der Waals surface area contributed by atoms with Crippen LogP contribution in [-0.2, 0) is 11.2 Å². The molecular formula is C24H28N2O3. The number of ether oxygens (including phenoxy) is 2. The minimum absolute atomic E-state index is 0.0183. The Morgan fingerprint density at radius 3 is 2.45 bits per heavy atom. The van der Waals surface area contributed by atoms with Crippen molar-refractivity contribution in [2.24, 2.45) is 4.99 Å². The zero-order valence-electron chi connectivity index (χ0n) is 17.6. The topological polar surface area (TPSA) is 51.1 Å². The number of benzene rings is 2. The molecule has 152 valence electrons. The lowest BCUT2D eigenvalue weighted by molar-refractivity contribution is -0.119. The first-order valence-corrected chi connectivity index (χ1v) is 10.4. The van der Waals surface area contributed by atoms with Gasteiger partial charge in [-0.25, -0.2) is 0 Å². The number of nitrogens with zero attached hydrogens (tertiary/aromatic N) is 2. The van der Waals surface area contributed by atoms with E-state index < -0.39 is 0 Å². The summed E-state index contributed by atoms with van der Waals surface area (Å²) in [6.45, 7) is 10.1. The van der Waals surface area contributed by atoms with E-state index in [0.717, 1.165) is 41.4 Å². The molecule has 1 amide bonds. The number of carbonyl (C=O) groups excluding carboxylic acids is 1. The van der Waals surface area contributed by atoms with Crippen molar-refractivity contribution in [1.29, 1.82) is 0 Å². The fourth-order valence-corrected chi connectivity index (χ4v) is 4.22. The van der Waals surface area contributed by atoms with Gasteiger partial charge in [0.1, 0.15) is 5.84 Å². The van der Waals surface area contributed by atoms with Crippen molar-refractivity contribution in [3.63, 3.8) is 0 Å². The van der Waals surface area contributed by atoms with E-state index in [1.54, 1.807) is 0 Å². The number of carbonyl (C=O) groups is 1. The highest BCUT2D eigenvalue weighted by atomic mass is 16.5. The molecule has 2 aromatic rings. The summed E-state index contributed by atoms with van der Waals surface area (Å²) >= 11 is 0. The number of aryl methyl sites for hydroxylation is 2.